The van der Waals surface area contributed by atoms with Crippen molar-refractivity contribution in [2.45, 2.75) is 0 Å². The van der Waals surface area contributed by atoms with Gasteiger partial charge in [0.05, 0.1) is 18.2 Å². The Morgan fingerprint density at radius 3 is 2.75 bits per heavy atom. The second kappa shape index (κ2) is 5.10. The lowest BCUT2D eigenvalue weighted by Gasteiger charge is -2.33. The minimum Gasteiger partial charge on any atom is -0.336 e. The standard InChI is InChI=1S/C11H13N3OS/c12-2-3-13-4-6-14(7-5-13)11(15)10-1-8-16-9-10/h1,8-9H,3-7H2. The SMILES string of the molecule is N#CCN1CCN(C(=O)c2ccsc2)CC1. The lowest BCUT2D eigenvalue weighted by molar-refractivity contribution is 0.0652. The molecule has 0 unspecified atom stereocenters. The van der Waals surface area contributed by atoms with Gasteiger partial charge in [0.2, 0.25) is 0 Å². The van der Waals surface area contributed by atoms with Gasteiger partial charge in [-0.25, -0.2) is 0 Å². The molecule has 16 heavy (non-hydrogen) atoms. The van der Waals surface area contributed by atoms with E-state index in [-0.39, 0.29) is 5.91 Å². The molecule has 84 valence electrons. The molecule has 1 amide bonds. The number of rotatable bonds is 2. The molecule has 2 heterocycles. The predicted octanol–water partition coefficient (Wildman–Crippen LogP) is 1.03. The fourth-order valence-electron chi connectivity index (χ4n) is 1.78. The highest BCUT2D eigenvalue weighted by atomic mass is 32.1. The molecule has 0 aliphatic carbocycles. The van der Waals surface area contributed by atoms with Crippen LogP contribution in [0.1, 0.15) is 10.4 Å². The topological polar surface area (TPSA) is 47.3 Å². The number of amides is 1. The van der Waals surface area contributed by atoms with Gasteiger partial charge in [0.15, 0.2) is 0 Å². The lowest BCUT2D eigenvalue weighted by Crippen LogP contribution is -2.48. The second-order valence-corrected chi connectivity index (χ2v) is 4.52. The van der Waals surface area contributed by atoms with E-state index in [1.165, 1.54) is 11.3 Å². The monoisotopic (exact) mass is 235 g/mol. The molecular formula is C11H13N3OS. The van der Waals surface area contributed by atoms with Crippen LogP contribution in [0.5, 0.6) is 0 Å². The van der Waals surface area contributed by atoms with E-state index in [1.54, 1.807) is 0 Å². The van der Waals surface area contributed by atoms with Gasteiger partial charge in [-0.2, -0.15) is 16.6 Å². The molecule has 1 aliphatic heterocycles. The smallest absolute Gasteiger partial charge is 0.254 e. The van der Waals surface area contributed by atoms with Crippen molar-refractivity contribution < 1.29 is 4.79 Å². The Balaban J connectivity index is 1.90. The van der Waals surface area contributed by atoms with Gasteiger partial charge in [-0.15, -0.1) is 0 Å². The Kier molecular flexibility index (Phi) is 3.54. The van der Waals surface area contributed by atoms with Crippen LogP contribution in [-0.2, 0) is 0 Å². The molecule has 1 fully saturated rings. The van der Waals surface area contributed by atoms with Crippen LogP contribution in [0.4, 0.5) is 0 Å². The van der Waals surface area contributed by atoms with E-state index < -0.39 is 0 Å². The van der Waals surface area contributed by atoms with Crippen LogP contribution in [0.2, 0.25) is 0 Å². The minimum atomic E-state index is 0.109. The number of nitrogens with zero attached hydrogens (tertiary/aromatic N) is 3. The van der Waals surface area contributed by atoms with E-state index in [4.69, 9.17) is 5.26 Å². The zero-order valence-corrected chi connectivity index (χ0v) is 9.74. The Bertz CT molecular complexity index is 388. The number of thiophene rings is 1. The Morgan fingerprint density at radius 2 is 2.19 bits per heavy atom. The molecule has 5 heteroatoms. The third kappa shape index (κ3) is 2.40. The van der Waals surface area contributed by atoms with Crippen molar-refractivity contribution in [3.63, 3.8) is 0 Å². The number of hydrogen-bond acceptors (Lipinski definition) is 4. The first-order valence-corrected chi connectivity index (χ1v) is 6.16. The van der Waals surface area contributed by atoms with Crippen LogP contribution in [0.15, 0.2) is 16.8 Å². The molecule has 4 nitrogen and oxygen atoms in total. The molecule has 0 atom stereocenters. The molecule has 1 aromatic heterocycles. The van der Waals surface area contributed by atoms with Gasteiger partial charge in [-0.05, 0) is 11.4 Å². The molecule has 2 rings (SSSR count). The molecule has 0 N–H and O–H groups in total. The molecular weight excluding hydrogens is 222 g/mol. The molecule has 1 aliphatic rings. The summed E-state index contributed by atoms with van der Waals surface area (Å²) in [5.41, 5.74) is 0.777. The minimum absolute atomic E-state index is 0.109. The van der Waals surface area contributed by atoms with Crippen molar-refractivity contribution in [3.05, 3.63) is 22.4 Å². The average Bonchev–Trinajstić information content (AvgIpc) is 2.83. The summed E-state index contributed by atoms with van der Waals surface area (Å²) in [6, 6.07) is 3.99. The molecule has 0 spiro atoms. The summed E-state index contributed by atoms with van der Waals surface area (Å²) in [5, 5.41) is 12.4. The first-order valence-electron chi connectivity index (χ1n) is 5.22. The van der Waals surface area contributed by atoms with Gasteiger partial charge in [0, 0.05) is 31.6 Å². The molecule has 0 radical (unpaired) electrons. The number of hydrogen-bond donors (Lipinski definition) is 0. The maximum atomic E-state index is 12.0. The molecule has 0 aromatic carbocycles. The summed E-state index contributed by atoms with van der Waals surface area (Å²) in [5.74, 6) is 0.109. The molecule has 0 bridgehead atoms. The van der Waals surface area contributed by atoms with Gasteiger partial charge >= 0.3 is 0 Å². The van der Waals surface area contributed by atoms with Crippen molar-refractivity contribution in [1.29, 1.82) is 5.26 Å². The normalized spacial score (nSPS) is 17.1. The molecule has 1 aromatic rings. The highest BCUT2D eigenvalue weighted by molar-refractivity contribution is 7.08. The van der Waals surface area contributed by atoms with Crippen molar-refractivity contribution in [2.24, 2.45) is 0 Å². The summed E-state index contributed by atoms with van der Waals surface area (Å²) in [6.45, 7) is 3.49. The highest BCUT2D eigenvalue weighted by Gasteiger charge is 2.21. The van der Waals surface area contributed by atoms with Crippen LogP contribution in [0.25, 0.3) is 0 Å². The maximum absolute atomic E-state index is 12.0. The lowest BCUT2D eigenvalue weighted by atomic mass is 10.2. The number of carbonyl (C=O) groups is 1. The quantitative estimate of drug-likeness (QED) is 0.719. The van der Waals surface area contributed by atoms with E-state index in [9.17, 15) is 4.79 Å². The fraction of sp³-hybridized carbons (Fsp3) is 0.455. The van der Waals surface area contributed by atoms with Crippen LogP contribution in [0, 0.1) is 11.3 Å². The Labute approximate surface area is 98.7 Å². The van der Waals surface area contributed by atoms with Crippen molar-refractivity contribution in [3.8, 4) is 6.07 Å². The third-order valence-electron chi connectivity index (χ3n) is 2.72. The molecule has 0 saturated carbocycles. The third-order valence-corrected chi connectivity index (χ3v) is 3.41. The van der Waals surface area contributed by atoms with Gasteiger partial charge in [0.25, 0.3) is 5.91 Å². The largest absolute Gasteiger partial charge is 0.336 e. The molecule has 1 saturated heterocycles. The van der Waals surface area contributed by atoms with Crippen molar-refractivity contribution >= 4 is 17.2 Å². The van der Waals surface area contributed by atoms with E-state index in [0.717, 1.165) is 31.7 Å². The average molecular weight is 235 g/mol. The van der Waals surface area contributed by atoms with Crippen LogP contribution < -0.4 is 0 Å². The van der Waals surface area contributed by atoms with E-state index in [1.807, 2.05) is 21.7 Å². The van der Waals surface area contributed by atoms with Gasteiger partial charge in [-0.1, -0.05) is 0 Å². The zero-order chi connectivity index (χ0) is 11.4. The number of carbonyl (C=O) groups excluding carboxylic acids is 1. The van der Waals surface area contributed by atoms with Crippen molar-refractivity contribution in [2.75, 3.05) is 32.7 Å². The summed E-state index contributed by atoms with van der Waals surface area (Å²) in [4.78, 5) is 15.9. The van der Waals surface area contributed by atoms with Crippen LogP contribution in [0.3, 0.4) is 0 Å². The summed E-state index contributed by atoms with van der Waals surface area (Å²) in [6.07, 6.45) is 0. The number of piperazine rings is 1. The predicted molar refractivity (Wildman–Crippen MR) is 62.3 cm³/mol. The van der Waals surface area contributed by atoms with E-state index >= 15 is 0 Å². The Hall–Kier alpha value is -1.38. The van der Waals surface area contributed by atoms with Crippen LogP contribution in [-0.4, -0.2) is 48.4 Å². The second-order valence-electron chi connectivity index (χ2n) is 3.74. The highest BCUT2D eigenvalue weighted by Crippen LogP contribution is 2.11. The number of nitriles is 1. The first-order chi connectivity index (χ1) is 7.81. The summed E-state index contributed by atoms with van der Waals surface area (Å²) in [7, 11) is 0. The van der Waals surface area contributed by atoms with Crippen molar-refractivity contribution in [1.82, 2.24) is 9.80 Å². The van der Waals surface area contributed by atoms with Gasteiger partial charge in [0.1, 0.15) is 0 Å². The van der Waals surface area contributed by atoms with Gasteiger partial charge in [-0.3, -0.25) is 9.69 Å². The van der Waals surface area contributed by atoms with E-state index in [2.05, 4.69) is 11.0 Å². The fourth-order valence-corrected chi connectivity index (χ4v) is 2.41. The van der Waals surface area contributed by atoms with E-state index in [0.29, 0.717) is 6.54 Å². The Morgan fingerprint density at radius 1 is 1.44 bits per heavy atom. The van der Waals surface area contributed by atoms with Gasteiger partial charge < -0.3 is 4.90 Å². The first kappa shape index (κ1) is 11.1. The summed E-state index contributed by atoms with van der Waals surface area (Å²) < 4.78 is 0. The zero-order valence-electron chi connectivity index (χ0n) is 8.93. The van der Waals surface area contributed by atoms with Crippen LogP contribution >= 0.6 is 11.3 Å². The maximum Gasteiger partial charge on any atom is 0.254 e. The summed E-state index contributed by atoms with van der Waals surface area (Å²) >= 11 is 1.54.